The third-order valence-electron chi connectivity index (χ3n) is 3.41. The van der Waals surface area contributed by atoms with Gasteiger partial charge in [0.05, 0.1) is 23.2 Å². The van der Waals surface area contributed by atoms with Crippen LogP contribution in [-0.4, -0.2) is 53.8 Å². The number of amides is 1. The molecule has 8 heteroatoms. The van der Waals surface area contributed by atoms with Gasteiger partial charge in [0.15, 0.2) is 0 Å². The Morgan fingerprint density at radius 2 is 2.33 bits per heavy atom. The van der Waals surface area contributed by atoms with Gasteiger partial charge in [-0.1, -0.05) is 0 Å². The Kier molecular flexibility index (Phi) is 4.46. The number of anilines is 1. The monoisotopic (exact) mass is 295 g/mol. The second kappa shape index (κ2) is 6.29. The molecule has 0 atom stereocenters. The molecular formula is C13H17N3O5. The zero-order valence-electron chi connectivity index (χ0n) is 11.7. The van der Waals surface area contributed by atoms with Gasteiger partial charge < -0.3 is 19.6 Å². The van der Waals surface area contributed by atoms with Crippen molar-refractivity contribution in [2.75, 3.05) is 37.7 Å². The molecule has 0 aliphatic carbocycles. The number of nitro benzene ring substituents is 1. The van der Waals surface area contributed by atoms with E-state index in [0.29, 0.717) is 38.5 Å². The normalized spacial score (nSPS) is 13.3. The Bertz CT molecular complexity index is 549. The number of nitro groups is 1. The van der Waals surface area contributed by atoms with E-state index in [1.165, 1.54) is 17.0 Å². The van der Waals surface area contributed by atoms with Crippen molar-refractivity contribution in [3.63, 3.8) is 0 Å². The first kappa shape index (κ1) is 14.9. The van der Waals surface area contributed by atoms with Gasteiger partial charge in [0.25, 0.3) is 5.69 Å². The van der Waals surface area contributed by atoms with Crippen LogP contribution in [0.15, 0.2) is 18.2 Å². The predicted octanol–water partition coefficient (Wildman–Crippen LogP) is 1.79. The molecule has 1 aromatic carbocycles. The Balaban J connectivity index is 2.11. The number of non-ortho nitro benzene ring substituents is 1. The van der Waals surface area contributed by atoms with Crippen LogP contribution in [0.2, 0.25) is 0 Å². The number of benzene rings is 1. The highest BCUT2D eigenvalue weighted by Crippen LogP contribution is 2.34. The van der Waals surface area contributed by atoms with E-state index in [0.717, 1.165) is 5.69 Å². The van der Waals surface area contributed by atoms with Crippen molar-refractivity contribution in [2.24, 2.45) is 0 Å². The number of fused-ring (bicyclic) bond motifs is 1. The lowest BCUT2D eigenvalue weighted by Crippen LogP contribution is -2.41. The molecule has 114 valence electrons. The Morgan fingerprint density at radius 3 is 2.95 bits per heavy atom. The average Bonchev–Trinajstić information content (AvgIpc) is 2.47. The first-order valence-corrected chi connectivity index (χ1v) is 6.67. The summed E-state index contributed by atoms with van der Waals surface area (Å²) >= 11 is 0. The highest BCUT2D eigenvalue weighted by Gasteiger charge is 2.22. The highest BCUT2D eigenvalue weighted by atomic mass is 16.6. The first-order valence-electron chi connectivity index (χ1n) is 6.67. The van der Waals surface area contributed by atoms with Crippen LogP contribution in [0.1, 0.15) is 6.92 Å². The van der Waals surface area contributed by atoms with Crippen LogP contribution in [0, 0.1) is 10.1 Å². The molecule has 0 spiro atoms. The maximum atomic E-state index is 11.0. The van der Waals surface area contributed by atoms with Gasteiger partial charge in [-0.3, -0.25) is 10.1 Å². The van der Waals surface area contributed by atoms with Gasteiger partial charge in [0.2, 0.25) is 0 Å². The van der Waals surface area contributed by atoms with Crippen LogP contribution in [-0.2, 0) is 0 Å². The molecule has 1 amide bonds. The number of carbonyl (C=O) groups is 1. The second-order valence-electron chi connectivity index (χ2n) is 4.61. The van der Waals surface area contributed by atoms with Crippen molar-refractivity contribution in [2.45, 2.75) is 6.92 Å². The van der Waals surface area contributed by atoms with Gasteiger partial charge in [-0.2, -0.15) is 0 Å². The number of rotatable bonds is 5. The standard InChI is InChI=1S/C13H17N3O5/c1-2-14(13(17)18)5-6-15-7-8-21-12-9-10(16(19)20)3-4-11(12)15/h3-4,9H,2,5-8H2,1H3,(H,17,18). The molecule has 0 aromatic heterocycles. The molecule has 8 nitrogen and oxygen atoms in total. The average molecular weight is 295 g/mol. The van der Waals surface area contributed by atoms with Crippen molar-refractivity contribution >= 4 is 17.5 Å². The van der Waals surface area contributed by atoms with Crippen LogP contribution in [0.25, 0.3) is 0 Å². The zero-order valence-corrected chi connectivity index (χ0v) is 11.7. The third-order valence-corrected chi connectivity index (χ3v) is 3.41. The van der Waals surface area contributed by atoms with E-state index >= 15 is 0 Å². The number of nitrogens with zero attached hydrogens (tertiary/aromatic N) is 3. The van der Waals surface area contributed by atoms with Crippen LogP contribution in [0.4, 0.5) is 16.2 Å². The van der Waals surface area contributed by atoms with E-state index in [-0.39, 0.29) is 5.69 Å². The summed E-state index contributed by atoms with van der Waals surface area (Å²) in [5.41, 5.74) is 0.740. The molecule has 0 bridgehead atoms. The van der Waals surface area contributed by atoms with E-state index in [9.17, 15) is 14.9 Å². The molecular weight excluding hydrogens is 278 g/mol. The lowest BCUT2D eigenvalue weighted by Gasteiger charge is -2.32. The summed E-state index contributed by atoms with van der Waals surface area (Å²) in [6, 6.07) is 4.47. The molecule has 1 aliphatic heterocycles. The van der Waals surface area contributed by atoms with Gasteiger partial charge >= 0.3 is 6.09 Å². The highest BCUT2D eigenvalue weighted by molar-refractivity contribution is 5.66. The van der Waals surface area contributed by atoms with E-state index in [2.05, 4.69) is 0 Å². The summed E-state index contributed by atoms with van der Waals surface area (Å²) in [6.45, 7) is 4.16. The van der Waals surface area contributed by atoms with Gasteiger partial charge in [0, 0.05) is 25.7 Å². The summed E-state index contributed by atoms with van der Waals surface area (Å²) in [5.74, 6) is 0.467. The number of hydrogen-bond acceptors (Lipinski definition) is 5. The third kappa shape index (κ3) is 3.33. The minimum atomic E-state index is -0.949. The lowest BCUT2D eigenvalue weighted by molar-refractivity contribution is -0.384. The van der Waals surface area contributed by atoms with Crippen molar-refractivity contribution in [1.82, 2.24) is 4.90 Å². The van der Waals surface area contributed by atoms with E-state index in [4.69, 9.17) is 9.84 Å². The summed E-state index contributed by atoms with van der Waals surface area (Å²) in [4.78, 5) is 24.6. The molecule has 0 radical (unpaired) electrons. The first-order chi connectivity index (χ1) is 10.0. The molecule has 0 saturated heterocycles. The number of hydrogen-bond donors (Lipinski definition) is 1. The lowest BCUT2D eigenvalue weighted by atomic mass is 10.2. The van der Waals surface area contributed by atoms with Crippen molar-refractivity contribution in [1.29, 1.82) is 0 Å². The van der Waals surface area contributed by atoms with Crippen LogP contribution >= 0.6 is 0 Å². The molecule has 0 unspecified atom stereocenters. The van der Waals surface area contributed by atoms with Crippen LogP contribution in [0.5, 0.6) is 5.75 Å². The molecule has 2 rings (SSSR count). The second-order valence-corrected chi connectivity index (χ2v) is 4.61. The fourth-order valence-electron chi connectivity index (χ4n) is 2.24. The molecule has 21 heavy (non-hydrogen) atoms. The summed E-state index contributed by atoms with van der Waals surface area (Å²) < 4.78 is 5.45. The molecule has 1 aromatic rings. The summed E-state index contributed by atoms with van der Waals surface area (Å²) in [6.07, 6.45) is -0.949. The van der Waals surface area contributed by atoms with Crippen molar-refractivity contribution in [3.05, 3.63) is 28.3 Å². The zero-order chi connectivity index (χ0) is 15.4. The molecule has 0 fully saturated rings. The molecule has 0 saturated carbocycles. The predicted molar refractivity (Wildman–Crippen MR) is 76.1 cm³/mol. The minimum Gasteiger partial charge on any atom is -0.489 e. The summed E-state index contributed by atoms with van der Waals surface area (Å²) in [5, 5.41) is 19.8. The molecule has 1 N–H and O–H groups in total. The van der Waals surface area contributed by atoms with Crippen LogP contribution < -0.4 is 9.64 Å². The van der Waals surface area contributed by atoms with E-state index in [1.54, 1.807) is 13.0 Å². The van der Waals surface area contributed by atoms with Crippen LogP contribution in [0.3, 0.4) is 0 Å². The van der Waals surface area contributed by atoms with Gasteiger partial charge in [-0.25, -0.2) is 4.79 Å². The number of carboxylic acid groups (broad SMARTS) is 1. The smallest absolute Gasteiger partial charge is 0.407 e. The summed E-state index contributed by atoms with van der Waals surface area (Å²) in [7, 11) is 0. The quantitative estimate of drug-likeness (QED) is 0.657. The van der Waals surface area contributed by atoms with Crippen molar-refractivity contribution < 1.29 is 19.6 Å². The topological polar surface area (TPSA) is 96.1 Å². The fourth-order valence-corrected chi connectivity index (χ4v) is 2.24. The van der Waals surface area contributed by atoms with Crippen molar-refractivity contribution in [3.8, 4) is 5.75 Å². The van der Waals surface area contributed by atoms with Gasteiger partial charge in [-0.05, 0) is 13.0 Å². The maximum Gasteiger partial charge on any atom is 0.407 e. The minimum absolute atomic E-state index is 0.0173. The largest absolute Gasteiger partial charge is 0.489 e. The Morgan fingerprint density at radius 1 is 1.57 bits per heavy atom. The maximum absolute atomic E-state index is 11.0. The fraction of sp³-hybridized carbons (Fsp3) is 0.462. The SMILES string of the molecule is CCN(CCN1CCOc2cc([N+](=O)[O-])ccc21)C(=O)O. The Hall–Kier alpha value is -2.51. The number of likely N-dealkylation sites (N-methyl/N-ethyl adjacent to an activating group) is 1. The van der Waals surface area contributed by atoms with Gasteiger partial charge in [0.1, 0.15) is 12.4 Å². The number of ether oxygens (including phenoxy) is 1. The Labute approximate surface area is 121 Å². The van der Waals surface area contributed by atoms with E-state index in [1.807, 2.05) is 4.90 Å². The van der Waals surface area contributed by atoms with Gasteiger partial charge in [-0.15, -0.1) is 0 Å². The van der Waals surface area contributed by atoms with E-state index < -0.39 is 11.0 Å². The molecule has 1 aliphatic rings. The molecule has 1 heterocycles.